The molecule has 0 bridgehead atoms. The quantitative estimate of drug-likeness (QED) is 0.466. The topological polar surface area (TPSA) is 88.2 Å². The van der Waals surface area contributed by atoms with Crippen LogP contribution in [-0.4, -0.2) is 16.0 Å². The molecule has 0 aliphatic carbocycles. The first kappa shape index (κ1) is 14.3. The van der Waals surface area contributed by atoms with Crippen LogP contribution in [0.4, 0.5) is 10.8 Å². The van der Waals surface area contributed by atoms with E-state index < -0.39 is 12.0 Å². The molecule has 1 heterocycles. The van der Waals surface area contributed by atoms with E-state index in [1.165, 1.54) is 11.3 Å². The number of nitrogens with zero attached hydrogens (tertiary/aromatic N) is 1. The van der Waals surface area contributed by atoms with Gasteiger partial charge in [0.25, 0.3) is 0 Å². The molecule has 2 aromatic carbocycles. The van der Waals surface area contributed by atoms with Crippen molar-refractivity contribution in [3.63, 3.8) is 0 Å². The number of carbonyl (C=O) groups excluding carboxylic acids is 1. The number of nitrogen functional groups attached to an aromatic ring is 1. The van der Waals surface area contributed by atoms with Gasteiger partial charge in [-0.05, 0) is 42.5 Å². The van der Waals surface area contributed by atoms with Crippen LogP contribution in [0.2, 0.25) is 0 Å². The number of aliphatic hydroxyl groups is 1. The molecule has 28 heavy (non-hydrogen) atoms. The number of aromatic nitrogens is 1. The third kappa shape index (κ3) is 6.18. The van der Waals surface area contributed by atoms with Gasteiger partial charge in [-0.15, -0.1) is 11.3 Å². The van der Waals surface area contributed by atoms with Crippen LogP contribution in [0.15, 0.2) is 59.9 Å². The second kappa shape index (κ2) is 10.0. The molecule has 0 fully saturated rings. The van der Waals surface area contributed by atoms with Crippen molar-refractivity contribution in [1.29, 1.82) is 0 Å². The molecule has 0 saturated carbocycles. The standard InChI is InChI=1S/C22H25N3O2S/c23-22-25-19(15-28-22)14-21(27)24-18-12-10-16(11-13-18)6-4-5-9-20(26)17-7-2-1-3-8-17/h1-3,7-8,10-13,15,20,26H,4-6,9,14H2,(H2,23,25)(H,24,27)/t20-/m0/s1/i10D,11D,12D,13D,20D. The Labute approximate surface area is 176 Å². The van der Waals surface area contributed by atoms with E-state index in [0.717, 1.165) is 0 Å². The highest BCUT2D eigenvalue weighted by Crippen LogP contribution is 2.20. The molecule has 6 heteroatoms. The third-order valence-corrected chi connectivity index (χ3v) is 4.77. The number of benzene rings is 2. The zero-order valence-electron chi connectivity index (χ0n) is 20.3. The lowest BCUT2D eigenvalue weighted by atomic mass is 10.0. The van der Waals surface area contributed by atoms with Gasteiger partial charge in [-0.1, -0.05) is 48.8 Å². The smallest absolute Gasteiger partial charge is 0.230 e. The average molecular weight is 401 g/mol. The number of amides is 1. The summed E-state index contributed by atoms with van der Waals surface area (Å²) >= 11 is 1.20. The second-order valence-electron chi connectivity index (χ2n) is 6.28. The summed E-state index contributed by atoms with van der Waals surface area (Å²) in [4.78, 5) is 16.3. The first-order chi connectivity index (χ1) is 15.6. The van der Waals surface area contributed by atoms with E-state index in [0.29, 0.717) is 29.2 Å². The minimum absolute atomic E-state index is 0.0908. The van der Waals surface area contributed by atoms with Crippen LogP contribution in [-0.2, 0) is 17.6 Å². The predicted molar refractivity (Wildman–Crippen MR) is 114 cm³/mol. The molecular formula is C22H25N3O2S. The molecule has 146 valence electrons. The number of anilines is 2. The summed E-state index contributed by atoms with van der Waals surface area (Å²) < 4.78 is 41.2. The fourth-order valence-corrected chi connectivity index (χ4v) is 3.21. The van der Waals surface area contributed by atoms with E-state index in [2.05, 4.69) is 10.3 Å². The highest BCUT2D eigenvalue weighted by atomic mass is 32.1. The molecule has 0 aliphatic heterocycles. The lowest BCUT2D eigenvalue weighted by Crippen LogP contribution is -2.14. The molecule has 0 spiro atoms. The average Bonchev–Trinajstić information content (AvgIpc) is 3.19. The van der Waals surface area contributed by atoms with Crippen molar-refractivity contribution in [3.05, 3.63) is 76.7 Å². The number of carbonyl (C=O) groups is 1. The summed E-state index contributed by atoms with van der Waals surface area (Å²) in [5.41, 5.74) is 6.58. The zero-order chi connectivity index (χ0) is 24.2. The summed E-state index contributed by atoms with van der Waals surface area (Å²) in [5, 5.41) is 14.8. The van der Waals surface area contributed by atoms with Gasteiger partial charge in [-0.2, -0.15) is 0 Å². The van der Waals surface area contributed by atoms with E-state index in [4.69, 9.17) is 12.6 Å². The molecule has 1 amide bonds. The summed E-state index contributed by atoms with van der Waals surface area (Å²) in [6, 6.07) is 7.62. The summed E-state index contributed by atoms with van der Waals surface area (Å²) in [5.74, 6) is -0.510. The van der Waals surface area contributed by atoms with E-state index in [-0.39, 0.29) is 54.7 Å². The molecule has 3 aromatic rings. The number of hydrogen-bond donors (Lipinski definition) is 3. The maximum Gasteiger partial charge on any atom is 0.230 e. The molecule has 3 rings (SSSR count). The number of nitrogens with one attached hydrogen (secondary N) is 1. The Morgan fingerprint density at radius 3 is 2.68 bits per heavy atom. The molecule has 1 atom stereocenters. The van der Waals surface area contributed by atoms with Crippen molar-refractivity contribution in [1.82, 2.24) is 4.98 Å². The molecule has 0 unspecified atom stereocenters. The first-order valence-electron chi connectivity index (χ1n) is 11.5. The van der Waals surface area contributed by atoms with E-state index >= 15 is 0 Å². The molecule has 0 radical (unpaired) electrons. The predicted octanol–water partition coefficient (Wildman–Crippen LogP) is 4.35. The molecular weight excluding hydrogens is 370 g/mol. The summed E-state index contributed by atoms with van der Waals surface area (Å²) in [6.07, 6.45) is -0.453. The molecule has 0 saturated heterocycles. The SMILES string of the molecule is [2H]c1c([2H])c(NC(=O)Cc2csc(N)n2)c([2H])c([2H])c1CCCC[C@]([2H])(O)c1ccccc1. The van der Waals surface area contributed by atoms with E-state index in [1.54, 1.807) is 29.6 Å². The van der Waals surface area contributed by atoms with Crippen LogP contribution >= 0.6 is 11.3 Å². The summed E-state index contributed by atoms with van der Waals surface area (Å²) in [6.45, 7) is 0. The second-order valence-corrected chi connectivity index (χ2v) is 7.17. The van der Waals surface area contributed by atoms with E-state index in [1.807, 2.05) is 6.07 Å². The Balaban J connectivity index is 1.65. The van der Waals surface area contributed by atoms with Gasteiger partial charge in [0.15, 0.2) is 5.13 Å². The molecule has 1 aromatic heterocycles. The Hall–Kier alpha value is -2.70. The fraction of sp³-hybridized carbons (Fsp3) is 0.273. The third-order valence-electron chi connectivity index (χ3n) is 4.05. The van der Waals surface area contributed by atoms with Crippen molar-refractivity contribution in [2.24, 2.45) is 0 Å². The lowest BCUT2D eigenvalue weighted by Gasteiger charge is -2.10. The van der Waals surface area contributed by atoms with Crippen LogP contribution in [0.5, 0.6) is 0 Å². The van der Waals surface area contributed by atoms with Crippen molar-refractivity contribution < 1.29 is 16.8 Å². The van der Waals surface area contributed by atoms with Crippen molar-refractivity contribution in [3.8, 4) is 0 Å². The molecule has 4 N–H and O–H groups in total. The summed E-state index contributed by atoms with van der Waals surface area (Å²) in [7, 11) is 0. The van der Waals surface area contributed by atoms with Gasteiger partial charge in [0.2, 0.25) is 5.91 Å². The van der Waals surface area contributed by atoms with Crippen LogP contribution in [0, 0.1) is 0 Å². The van der Waals surface area contributed by atoms with Crippen LogP contribution in [0.3, 0.4) is 0 Å². The van der Waals surface area contributed by atoms with Gasteiger partial charge >= 0.3 is 0 Å². The Bertz CT molecular complexity index is 1110. The number of rotatable bonds is 9. The molecule has 0 aliphatic rings. The number of unbranched alkanes of at least 4 members (excludes halogenated alkanes) is 1. The fourth-order valence-electron chi connectivity index (χ4n) is 2.65. The van der Waals surface area contributed by atoms with Gasteiger partial charge in [0, 0.05) is 11.1 Å². The monoisotopic (exact) mass is 400 g/mol. The van der Waals surface area contributed by atoms with Gasteiger partial charge < -0.3 is 16.2 Å². The maximum absolute atomic E-state index is 12.3. The Morgan fingerprint density at radius 1 is 1.25 bits per heavy atom. The lowest BCUT2D eigenvalue weighted by molar-refractivity contribution is -0.115. The minimum Gasteiger partial charge on any atom is -0.388 e. The van der Waals surface area contributed by atoms with Gasteiger partial charge in [-0.3, -0.25) is 4.79 Å². The van der Waals surface area contributed by atoms with Crippen LogP contribution < -0.4 is 11.1 Å². The minimum atomic E-state index is -1.73. The molecule has 5 nitrogen and oxygen atoms in total. The van der Waals surface area contributed by atoms with Crippen molar-refractivity contribution in [2.45, 2.75) is 38.2 Å². The number of hydrogen-bond acceptors (Lipinski definition) is 5. The Kier molecular flexibility index (Phi) is 5.12. The first-order valence-corrected chi connectivity index (χ1v) is 9.85. The highest BCUT2D eigenvalue weighted by molar-refractivity contribution is 7.13. The largest absolute Gasteiger partial charge is 0.388 e. The number of thiazole rings is 1. The van der Waals surface area contributed by atoms with Gasteiger partial charge in [0.1, 0.15) is 0 Å². The van der Waals surface area contributed by atoms with Crippen molar-refractivity contribution >= 4 is 28.1 Å². The Morgan fingerprint density at radius 2 is 2.00 bits per heavy atom. The highest BCUT2D eigenvalue weighted by Gasteiger charge is 2.08. The van der Waals surface area contributed by atoms with Gasteiger partial charge in [0.05, 0.1) is 25.0 Å². The zero-order valence-corrected chi connectivity index (χ0v) is 16.1. The van der Waals surface area contributed by atoms with E-state index in [9.17, 15) is 9.90 Å². The van der Waals surface area contributed by atoms with Crippen molar-refractivity contribution in [2.75, 3.05) is 11.1 Å². The van der Waals surface area contributed by atoms with Gasteiger partial charge in [-0.25, -0.2) is 4.98 Å². The number of nitrogens with two attached hydrogens (primary N) is 1. The maximum atomic E-state index is 12.3. The van der Waals surface area contributed by atoms with Crippen LogP contribution in [0.25, 0.3) is 0 Å². The van der Waals surface area contributed by atoms with Crippen LogP contribution in [0.1, 0.15) is 49.0 Å². The normalized spacial score (nSPS) is 15.5.